The normalized spacial score (nSPS) is 10.4. The Bertz CT molecular complexity index is 401. The number of nitrogens with zero attached hydrogens (tertiary/aromatic N) is 2. The van der Waals surface area contributed by atoms with Gasteiger partial charge in [-0.05, 0) is 5.56 Å². The summed E-state index contributed by atoms with van der Waals surface area (Å²) in [6.07, 6.45) is -1.84. The molecule has 0 saturated heterocycles. The predicted octanol–water partition coefficient (Wildman–Crippen LogP) is 2.20. The van der Waals surface area contributed by atoms with E-state index in [0.717, 1.165) is 6.20 Å². The third-order valence-electron chi connectivity index (χ3n) is 1.97. The second-order valence-corrected chi connectivity index (χ2v) is 3.16. The van der Waals surface area contributed by atoms with Crippen LogP contribution in [0.5, 0.6) is 0 Å². The highest BCUT2D eigenvalue weighted by Crippen LogP contribution is 2.28. The molecule has 1 rings (SSSR count). The van der Waals surface area contributed by atoms with E-state index >= 15 is 0 Å². The van der Waals surface area contributed by atoms with Gasteiger partial charge in [0.2, 0.25) is 0 Å². The highest BCUT2D eigenvalue weighted by Gasteiger charge is 2.18. The number of nitriles is 1. The molecule has 80 valence electrons. The molecule has 1 aromatic rings. The lowest BCUT2D eigenvalue weighted by atomic mass is 10.0. The lowest BCUT2D eigenvalue weighted by molar-refractivity contribution is 0.150. The lowest BCUT2D eigenvalue weighted by Gasteiger charge is -2.11. The fraction of sp³-hybridized carbons (Fsp3) is 0.333. The molecule has 0 radical (unpaired) electrons. The molecular weight excluding hydrogens is 224 g/mol. The molecule has 0 aliphatic heterocycles. The van der Waals surface area contributed by atoms with Crippen molar-refractivity contribution >= 4 is 11.6 Å². The van der Waals surface area contributed by atoms with Crippen LogP contribution in [0.1, 0.15) is 23.1 Å². The minimum absolute atomic E-state index is 0.0105. The van der Waals surface area contributed by atoms with Gasteiger partial charge in [0.1, 0.15) is 5.15 Å². The van der Waals surface area contributed by atoms with Crippen molar-refractivity contribution < 1.29 is 8.78 Å². The maximum absolute atomic E-state index is 12.6. The minimum Gasteiger partial charge on any atom is -0.326 e. The van der Waals surface area contributed by atoms with Crippen molar-refractivity contribution in [1.29, 1.82) is 5.26 Å². The maximum Gasteiger partial charge on any atom is 0.265 e. The van der Waals surface area contributed by atoms with Gasteiger partial charge in [-0.15, -0.1) is 0 Å². The molecule has 2 N–H and O–H groups in total. The van der Waals surface area contributed by atoms with E-state index < -0.39 is 6.43 Å². The van der Waals surface area contributed by atoms with Gasteiger partial charge >= 0.3 is 0 Å². The number of hydrogen-bond acceptors (Lipinski definition) is 3. The van der Waals surface area contributed by atoms with Crippen molar-refractivity contribution in [2.75, 3.05) is 0 Å². The third kappa shape index (κ3) is 2.41. The highest BCUT2D eigenvalue weighted by atomic mass is 35.5. The van der Waals surface area contributed by atoms with Gasteiger partial charge in [0.25, 0.3) is 6.43 Å². The summed E-state index contributed by atoms with van der Waals surface area (Å²) in [7, 11) is 0. The van der Waals surface area contributed by atoms with Crippen LogP contribution in [0.2, 0.25) is 5.15 Å². The Kier molecular flexibility index (Phi) is 3.95. The molecule has 0 bridgehead atoms. The summed E-state index contributed by atoms with van der Waals surface area (Å²) in [6, 6.07) is 1.81. The number of rotatable bonds is 3. The number of hydrogen-bond donors (Lipinski definition) is 1. The van der Waals surface area contributed by atoms with E-state index in [4.69, 9.17) is 22.6 Å². The molecule has 1 heterocycles. The summed E-state index contributed by atoms with van der Waals surface area (Å²) >= 11 is 5.70. The highest BCUT2D eigenvalue weighted by molar-refractivity contribution is 6.30. The summed E-state index contributed by atoms with van der Waals surface area (Å²) in [5.74, 6) is 0. The van der Waals surface area contributed by atoms with E-state index in [2.05, 4.69) is 4.98 Å². The van der Waals surface area contributed by atoms with Crippen LogP contribution < -0.4 is 5.73 Å². The molecule has 6 heteroatoms. The fourth-order valence-corrected chi connectivity index (χ4v) is 1.50. The van der Waals surface area contributed by atoms with E-state index in [9.17, 15) is 8.78 Å². The van der Waals surface area contributed by atoms with Crippen LogP contribution in [-0.4, -0.2) is 4.98 Å². The Morgan fingerprint density at radius 3 is 2.67 bits per heavy atom. The minimum atomic E-state index is -2.68. The number of alkyl halides is 2. The van der Waals surface area contributed by atoms with Gasteiger partial charge in [0, 0.05) is 23.9 Å². The van der Waals surface area contributed by atoms with Gasteiger partial charge in [0.15, 0.2) is 0 Å². The molecule has 15 heavy (non-hydrogen) atoms. The monoisotopic (exact) mass is 231 g/mol. The maximum atomic E-state index is 12.6. The second kappa shape index (κ2) is 5.01. The van der Waals surface area contributed by atoms with Crippen LogP contribution in [0.25, 0.3) is 0 Å². The van der Waals surface area contributed by atoms with Crippen LogP contribution in [0.3, 0.4) is 0 Å². The van der Waals surface area contributed by atoms with Gasteiger partial charge in [0.05, 0.1) is 12.5 Å². The smallest absolute Gasteiger partial charge is 0.265 e. The van der Waals surface area contributed by atoms with Gasteiger partial charge in [-0.1, -0.05) is 11.6 Å². The number of aromatic nitrogens is 1. The average molecular weight is 232 g/mol. The molecular formula is C9H8ClF2N3. The van der Waals surface area contributed by atoms with Crippen LogP contribution in [-0.2, 0) is 13.0 Å². The van der Waals surface area contributed by atoms with Crippen molar-refractivity contribution in [2.45, 2.75) is 19.4 Å². The summed E-state index contributed by atoms with van der Waals surface area (Å²) in [6.45, 7) is -0.0105. The van der Waals surface area contributed by atoms with E-state index in [1.54, 1.807) is 6.07 Å². The molecule has 3 nitrogen and oxygen atoms in total. The van der Waals surface area contributed by atoms with Gasteiger partial charge in [-0.25, -0.2) is 13.8 Å². The summed E-state index contributed by atoms with van der Waals surface area (Å²) in [5, 5.41) is 8.61. The van der Waals surface area contributed by atoms with Gasteiger partial charge in [-0.3, -0.25) is 0 Å². The molecule has 0 aliphatic carbocycles. The van der Waals surface area contributed by atoms with Gasteiger partial charge in [-0.2, -0.15) is 5.26 Å². The van der Waals surface area contributed by atoms with Crippen molar-refractivity contribution in [3.63, 3.8) is 0 Å². The van der Waals surface area contributed by atoms with Crippen molar-refractivity contribution in [2.24, 2.45) is 5.73 Å². The molecule has 0 saturated carbocycles. The first-order chi connectivity index (χ1) is 7.11. The third-order valence-corrected chi connectivity index (χ3v) is 2.30. The largest absolute Gasteiger partial charge is 0.326 e. The lowest BCUT2D eigenvalue weighted by Crippen LogP contribution is -2.07. The Morgan fingerprint density at radius 2 is 2.20 bits per heavy atom. The Labute approximate surface area is 90.5 Å². The number of nitrogens with two attached hydrogens (primary N) is 1. The topological polar surface area (TPSA) is 62.7 Å². The number of pyridine rings is 1. The zero-order chi connectivity index (χ0) is 11.4. The molecule has 0 fully saturated rings. The molecule has 0 aliphatic rings. The summed E-state index contributed by atoms with van der Waals surface area (Å²) in [4.78, 5) is 3.61. The zero-order valence-electron chi connectivity index (χ0n) is 7.67. The second-order valence-electron chi connectivity index (χ2n) is 2.80. The Balaban J connectivity index is 3.36. The van der Waals surface area contributed by atoms with Crippen molar-refractivity contribution in [1.82, 2.24) is 4.98 Å². The molecule has 0 amide bonds. The summed E-state index contributed by atoms with van der Waals surface area (Å²) < 4.78 is 25.1. The van der Waals surface area contributed by atoms with Crippen molar-refractivity contribution in [3.05, 3.63) is 28.0 Å². The van der Waals surface area contributed by atoms with E-state index in [0.29, 0.717) is 5.56 Å². The first-order valence-corrected chi connectivity index (χ1v) is 4.51. The number of halogens is 3. The Hall–Kier alpha value is -1.25. The SMILES string of the molecule is N#CCc1c(C(F)F)cnc(Cl)c1CN. The van der Waals surface area contributed by atoms with E-state index in [1.807, 2.05) is 0 Å². The van der Waals surface area contributed by atoms with Crippen LogP contribution in [0.15, 0.2) is 6.20 Å². The first-order valence-electron chi connectivity index (χ1n) is 4.13. The molecule has 0 spiro atoms. The van der Waals surface area contributed by atoms with Crippen molar-refractivity contribution in [3.8, 4) is 6.07 Å². The van der Waals surface area contributed by atoms with Crippen LogP contribution in [0.4, 0.5) is 8.78 Å². The van der Waals surface area contributed by atoms with Gasteiger partial charge < -0.3 is 5.73 Å². The summed E-state index contributed by atoms with van der Waals surface area (Å²) in [5.41, 5.74) is 5.60. The van der Waals surface area contributed by atoms with E-state index in [-0.39, 0.29) is 29.2 Å². The Morgan fingerprint density at radius 1 is 1.53 bits per heavy atom. The predicted molar refractivity (Wildman–Crippen MR) is 51.4 cm³/mol. The van der Waals surface area contributed by atoms with E-state index in [1.165, 1.54) is 0 Å². The molecule has 1 aromatic heterocycles. The standard InChI is InChI=1S/C9H8ClF2N3/c10-8-6(3-14)5(1-2-13)7(4-15-8)9(11)12/h4,9H,1,3,14H2. The molecule has 0 aromatic carbocycles. The zero-order valence-corrected chi connectivity index (χ0v) is 8.43. The molecule has 0 unspecified atom stereocenters. The quantitative estimate of drug-likeness (QED) is 0.811. The molecule has 0 atom stereocenters. The fourth-order valence-electron chi connectivity index (χ4n) is 1.26. The first kappa shape index (κ1) is 11.8. The average Bonchev–Trinajstić information content (AvgIpc) is 2.18. The van der Waals surface area contributed by atoms with Crippen LogP contribution >= 0.6 is 11.6 Å². The van der Waals surface area contributed by atoms with Crippen LogP contribution in [0, 0.1) is 11.3 Å².